The van der Waals surface area contributed by atoms with Gasteiger partial charge in [-0.05, 0) is 19.8 Å². The number of likely N-dealkylation sites (tertiary alicyclic amines) is 1. The molecule has 2 aliphatic rings. The van der Waals surface area contributed by atoms with Crippen molar-refractivity contribution in [1.82, 2.24) is 19.8 Å². The maximum Gasteiger partial charge on any atom is 0.251 e. The molecule has 0 radical (unpaired) electrons. The first-order valence-electron chi connectivity index (χ1n) is 8.68. The van der Waals surface area contributed by atoms with E-state index in [9.17, 15) is 14.4 Å². The Labute approximate surface area is 146 Å². The number of piperidine rings is 1. The Morgan fingerprint density at radius 3 is 2.60 bits per heavy atom. The highest BCUT2D eigenvalue weighted by Crippen LogP contribution is 2.24. The quantitative estimate of drug-likeness (QED) is 0.826. The minimum atomic E-state index is -0.414. The summed E-state index contributed by atoms with van der Waals surface area (Å²) in [5.74, 6) is 0.575. The van der Waals surface area contributed by atoms with Gasteiger partial charge in [-0.25, -0.2) is 4.98 Å². The van der Waals surface area contributed by atoms with Gasteiger partial charge >= 0.3 is 0 Å². The van der Waals surface area contributed by atoms with Crippen LogP contribution in [0.3, 0.4) is 0 Å². The van der Waals surface area contributed by atoms with Crippen LogP contribution in [0.1, 0.15) is 37.4 Å². The zero-order chi connectivity index (χ0) is 18.0. The smallest absolute Gasteiger partial charge is 0.251 e. The van der Waals surface area contributed by atoms with Gasteiger partial charge in [-0.3, -0.25) is 14.4 Å². The van der Waals surface area contributed by atoms with Crippen molar-refractivity contribution in [3.63, 3.8) is 0 Å². The maximum atomic E-state index is 12.8. The lowest BCUT2D eigenvalue weighted by Crippen LogP contribution is -2.48. The van der Waals surface area contributed by atoms with E-state index in [1.165, 1.54) is 6.07 Å². The van der Waals surface area contributed by atoms with Gasteiger partial charge in [0.25, 0.3) is 5.56 Å². The number of rotatable bonds is 2. The third-order valence-electron chi connectivity index (χ3n) is 4.86. The number of hydrogen-bond acceptors (Lipinski definition) is 5. The van der Waals surface area contributed by atoms with Crippen molar-refractivity contribution in [2.24, 2.45) is 5.92 Å². The van der Waals surface area contributed by atoms with Crippen molar-refractivity contribution in [3.05, 3.63) is 27.9 Å². The van der Waals surface area contributed by atoms with Gasteiger partial charge in [-0.1, -0.05) is 0 Å². The van der Waals surface area contributed by atoms with Crippen molar-refractivity contribution in [2.45, 2.75) is 32.8 Å². The molecular formula is C17H24N4O4. The van der Waals surface area contributed by atoms with E-state index >= 15 is 0 Å². The minimum absolute atomic E-state index is 0.0566. The number of carbonyl (C=O) groups is 2. The average molecular weight is 348 g/mol. The van der Waals surface area contributed by atoms with Gasteiger partial charge in [0, 0.05) is 44.2 Å². The van der Waals surface area contributed by atoms with Crippen LogP contribution < -0.4 is 5.56 Å². The number of aromatic nitrogens is 2. The Kier molecular flexibility index (Phi) is 5.17. The number of aromatic amines is 1. The van der Waals surface area contributed by atoms with Gasteiger partial charge in [-0.15, -0.1) is 0 Å². The van der Waals surface area contributed by atoms with Crippen LogP contribution in [-0.2, 0) is 14.3 Å². The highest BCUT2D eigenvalue weighted by atomic mass is 16.5. The Hall–Kier alpha value is -2.22. The first-order chi connectivity index (χ1) is 11.9. The standard InChI is InChI=1S/C17H24N4O4/c1-11-9-15(23)19-16(18-11)14-10-21(7-8-25-14)17(24)13-3-5-20(6-4-13)12(2)22/h9,13-14H,3-8,10H2,1-2H3,(H,18,19,23). The van der Waals surface area contributed by atoms with Crippen LogP contribution in [-0.4, -0.2) is 64.4 Å². The zero-order valence-corrected chi connectivity index (χ0v) is 14.7. The lowest BCUT2D eigenvalue weighted by atomic mass is 9.95. The van der Waals surface area contributed by atoms with E-state index in [0.717, 1.165) is 0 Å². The van der Waals surface area contributed by atoms with Crippen LogP contribution in [0, 0.1) is 12.8 Å². The average Bonchev–Trinajstić information content (AvgIpc) is 2.60. The number of aryl methyl sites for hydroxylation is 1. The van der Waals surface area contributed by atoms with Crippen LogP contribution in [0.25, 0.3) is 0 Å². The number of morpholine rings is 1. The largest absolute Gasteiger partial charge is 0.367 e. The summed E-state index contributed by atoms with van der Waals surface area (Å²) in [6.45, 7) is 5.92. The Morgan fingerprint density at radius 2 is 1.96 bits per heavy atom. The molecule has 1 aromatic heterocycles. The molecule has 8 nitrogen and oxygen atoms in total. The molecule has 1 N–H and O–H groups in total. The first kappa shape index (κ1) is 17.6. The fourth-order valence-corrected chi connectivity index (χ4v) is 3.47. The van der Waals surface area contributed by atoms with Crippen molar-refractivity contribution < 1.29 is 14.3 Å². The molecule has 1 atom stereocenters. The van der Waals surface area contributed by atoms with Gasteiger partial charge < -0.3 is 19.5 Å². The monoisotopic (exact) mass is 348 g/mol. The van der Waals surface area contributed by atoms with E-state index in [1.54, 1.807) is 23.6 Å². The van der Waals surface area contributed by atoms with Gasteiger partial charge in [0.05, 0.1) is 13.2 Å². The van der Waals surface area contributed by atoms with E-state index in [4.69, 9.17) is 4.74 Å². The fourth-order valence-electron chi connectivity index (χ4n) is 3.47. The molecule has 3 heterocycles. The highest BCUT2D eigenvalue weighted by molar-refractivity contribution is 5.80. The number of carbonyl (C=O) groups excluding carboxylic acids is 2. The molecule has 2 amide bonds. The second kappa shape index (κ2) is 7.35. The second-order valence-electron chi connectivity index (χ2n) is 6.70. The number of H-pyrrole nitrogens is 1. The predicted molar refractivity (Wildman–Crippen MR) is 89.8 cm³/mol. The van der Waals surface area contributed by atoms with Crippen LogP contribution in [0.15, 0.2) is 10.9 Å². The molecule has 8 heteroatoms. The summed E-state index contributed by atoms with van der Waals surface area (Å²) in [7, 11) is 0. The topological polar surface area (TPSA) is 95.6 Å². The lowest BCUT2D eigenvalue weighted by Gasteiger charge is -2.37. The van der Waals surface area contributed by atoms with E-state index < -0.39 is 6.10 Å². The molecule has 0 saturated carbocycles. The number of amides is 2. The normalized spacial score (nSPS) is 22.1. The molecule has 136 valence electrons. The Morgan fingerprint density at radius 1 is 1.24 bits per heavy atom. The third-order valence-corrected chi connectivity index (χ3v) is 4.86. The Balaban J connectivity index is 1.64. The molecule has 0 aliphatic carbocycles. The number of hydrogen-bond donors (Lipinski definition) is 1. The second-order valence-corrected chi connectivity index (χ2v) is 6.70. The summed E-state index contributed by atoms with van der Waals surface area (Å²) in [5.41, 5.74) is 0.411. The van der Waals surface area contributed by atoms with Gasteiger partial charge in [0.15, 0.2) is 0 Å². The predicted octanol–water partition coefficient (Wildman–Crippen LogP) is 0.237. The van der Waals surface area contributed by atoms with E-state index in [-0.39, 0.29) is 23.3 Å². The molecule has 0 aromatic carbocycles. The molecule has 25 heavy (non-hydrogen) atoms. The van der Waals surface area contributed by atoms with Crippen molar-refractivity contribution in [1.29, 1.82) is 0 Å². The summed E-state index contributed by atoms with van der Waals surface area (Å²) in [4.78, 5) is 46.5. The van der Waals surface area contributed by atoms with Gasteiger partial charge in [-0.2, -0.15) is 0 Å². The number of ether oxygens (including phenoxy) is 1. The molecular weight excluding hydrogens is 324 g/mol. The highest BCUT2D eigenvalue weighted by Gasteiger charge is 2.33. The van der Waals surface area contributed by atoms with Crippen molar-refractivity contribution in [2.75, 3.05) is 32.8 Å². The molecule has 1 unspecified atom stereocenters. The number of nitrogens with zero attached hydrogens (tertiary/aromatic N) is 3. The molecule has 1 aromatic rings. The summed E-state index contributed by atoms with van der Waals surface area (Å²) in [5, 5.41) is 0. The van der Waals surface area contributed by atoms with Gasteiger partial charge in [0.2, 0.25) is 11.8 Å². The van der Waals surface area contributed by atoms with Crippen LogP contribution in [0.2, 0.25) is 0 Å². The first-order valence-corrected chi connectivity index (χ1v) is 8.68. The third kappa shape index (κ3) is 4.07. The van der Waals surface area contributed by atoms with E-state index in [1.807, 2.05) is 0 Å². The Bertz CT molecular complexity index is 709. The molecule has 2 aliphatic heterocycles. The summed E-state index contributed by atoms with van der Waals surface area (Å²) >= 11 is 0. The molecule has 3 rings (SSSR count). The van der Waals surface area contributed by atoms with Crippen molar-refractivity contribution >= 4 is 11.8 Å². The summed E-state index contributed by atoms with van der Waals surface area (Å²) < 4.78 is 5.71. The van der Waals surface area contributed by atoms with Gasteiger partial charge in [0.1, 0.15) is 11.9 Å². The summed E-state index contributed by atoms with van der Waals surface area (Å²) in [6.07, 6.45) is 0.975. The van der Waals surface area contributed by atoms with Crippen molar-refractivity contribution in [3.8, 4) is 0 Å². The number of nitrogens with one attached hydrogen (secondary N) is 1. The zero-order valence-electron chi connectivity index (χ0n) is 14.7. The lowest BCUT2D eigenvalue weighted by molar-refractivity contribution is -0.146. The van der Waals surface area contributed by atoms with Crippen LogP contribution in [0.4, 0.5) is 0 Å². The minimum Gasteiger partial charge on any atom is -0.367 e. The van der Waals surface area contributed by atoms with E-state index in [0.29, 0.717) is 57.1 Å². The van der Waals surface area contributed by atoms with Crippen LogP contribution in [0.5, 0.6) is 0 Å². The molecule has 0 spiro atoms. The SMILES string of the molecule is CC(=O)N1CCC(C(=O)N2CCOC(c3nc(C)cc(=O)[nH]3)C2)CC1. The molecule has 0 bridgehead atoms. The summed E-state index contributed by atoms with van der Waals surface area (Å²) in [6, 6.07) is 1.43. The maximum absolute atomic E-state index is 12.8. The molecule has 2 saturated heterocycles. The van der Waals surface area contributed by atoms with Crippen LogP contribution >= 0.6 is 0 Å². The van der Waals surface area contributed by atoms with E-state index in [2.05, 4.69) is 9.97 Å². The molecule has 2 fully saturated rings. The fraction of sp³-hybridized carbons (Fsp3) is 0.647.